The van der Waals surface area contributed by atoms with E-state index < -0.39 is 17.7 Å². The topological polar surface area (TPSA) is 134 Å². The third-order valence-electron chi connectivity index (χ3n) is 13.4. The number of amides is 1. The van der Waals surface area contributed by atoms with E-state index in [2.05, 4.69) is 55.6 Å². The minimum atomic E-state index is -1.47. The molecule has 10 nitrogen and oxygen atoms in total. The zero-order valence-electron chi connectivity index (χ0n) is 37.5. The van der Waals surface area contributed by atoms with Crippen molar-refractivity contribution in [3.63, 3.8) is 0 Å². The number of ether oxygens (including phenoxy) is 3. The van der Waals surface area contributed by atoms with Gasteiger partial charge in [-0.15, -0.1) is 6.58 Å². The van der Waals surface area contributed by atoms with Crippen molar-refractivity contribution in [2.75, 3.05) is 26.4 Å². The first-order chi connectivity index (χ1) is 32.4. The van der Waals surface area contributed by atoms with Gasteiger partial charge in [-0.3, -0.25) is 4.79 Å². The number of carbonyl (C=O) groups excluding carboxylic acids is 1. The Morgan fingerprint density at radius 3 is 2.38 bits per heavy atom. The van der Waals surface area contributed by atoms with Crippen LogP contribution in [0.5, 0.6) is 11.5 Å². The number of unbranched alkanes of at least 4 members (excludes halogenated alkanes) is 2. The number of nitriles is 1. The highest BCUT2D eigenvalue weighted by molar-refractivity contribution is 6.03. The van der Waals surface area contributed by atoms with E-state index in [0.29, 0.717) is 47.8 Å². The SMILES string of the molecule is C=CCOc1ccc2c(c1)[C@H]1[C@H](CCCCO)[C@@H](CCCCO)C=C3C(=NOCc4ccccc4)C[C@H](N(Cc4cccc5ccccc45)C(=O)c4ccc(C#N)cc4)[C@@](OCC=C)(O2)[C@H]31. The summed E-state index contributed by atoms with van der Waals surface area (Å²) in [6.45, 7) is 9.06. The summed E-state index contributed by atoms with van der Waals surface area (Å²) < 4.78 is 20.9. The molecule has 0 saturated heterocycles. The number of oxime groups is 1. The monoisotopic (exact) mass is 885 g/mol. The molecule has 10 heteroatoms. The molecule has 2 N–H and O–H groups in total. The maximum Gasteiger partial charge on any atom is 0.254 e. The molecule has 0 radical (unpaired) electrons. The third kappa shape index (κ3) is 9.70. The van der Waals surface area contributed by atoms with Crippen LogP contribution in [0, 0.1) is 29.1 Å². The lowest BCUT2D eigenvalue weighted by atomic mass is 9.55. The fourth-order valence-corrected chi connectivity index (χ4v) is 10.4. The molecule has 0 bridgehead atoms. The van der Waals surface area contributed by atoms with Gasteiger partial charge in [-0.05, 0) is 107 Å². The molecule has 1 fully saturated rings. The van der Waals surface area contributed by atoms with E-state index in [0.717, 1.165) is 58.7 Å². The van der Waals surface area contributed by atoms with Crippen molar-refractivity contribution in [3.05, 3.63) is 180 Å². The van der Waals surface area contributed by atoms with E-state index in [1.54, 1.807) is 36.4 Å². The van der Waals surface area contributed by atoms with E-state index in [1.165, 1.54) is 0 Å². The van der Waals surface area contributed by atoms with E-state index in [-0.39, 0.29) is 63.1 Å². The Hall–Kier alpha value is -6.51. The van der Waals surface area contributed by atoms with Gasteiger partial charge in [0, 0.05) is 43.2 Å². The number of carbonyl (C=O) groups is 1. The zero-order valence-corrected chi connectivity index (χ0v) is 37.5. The summed E-state index contributed by atoms with van der Waals surface area (Å²) in [5, 5.41) is 36.8. The van der Waals surface area contributed by atoms with Crippen LogP contribution in [-0.2, 0) is 22.7 Å². The molecule has 0 aromatic heterocycles. The smallest absolute Gasteiger partial charge is 0.254 e. The highest BCUT2D eigenvalue weighted by atomic mass is 16.7. The molecule has 66 heavy (non-hydrogen) atoms. The van der Waals surface area contributed by atoms with Crippen LogP contribution < -0.4 is 9.47 Å². The first-order valence-electron chi connectivity index (χ1n) is 23.2. The number of benzene rings is 5. The second kappa shape index (κ2) is 21.7. The van der Waals surface area contributed by atoms with E-state index in [4.69, 9.17) is 24.2 Å². The lowest BCUT2D eigenvalue weighted by Crippen LogP contribution is -2.70. The van der Waals surface area contributed by atoms with Crippen LogP contribution in [0.15, 0.2) is 157 Å². The Balaban J connectivity index is 1.38. The highest BCUT2D eigenvalue weighted by Crippen LogP contribution is 2.62. The van der Waals surface area contributed by atoms with Gasteiger partial charge in [0.25, 0.3) is 5.91 Å². The molecule has 1 saturated carbocycles. The lowest BCUT2D eigenvalue weighted by Gasteiger charge is -2.60. The van der Waals surface area contributed by atoms with Crippen LogP contribution in [0.2, 0.25) is 0 Å². The first-order valence-corrected chi connectivity index (χ1v) is 23.2. The minimum absolute atomic E-state index is 0.0407. The molecule has 0 spiro atoms. The lowest BCUT2D eigenvalue weighted by molar-refractivity contribution is -0.255. The molecule has 1 aliphatic heterocycles. The van der Waals surface area contributed by atoms with E-state index in [1.807, 2.05) is 65.6 Å². The zero-order chi connectivity index (χ0) is 45.9. The Labute approximate surface area is 388 Å². The maximum absolute atomic E-state index is 15.6. The van der Waals surface area contributed by atoms with Crippen LogP contribution in [-0.4, -0.2) is 65.0 Å². The summed E-state index contributed by atoms with van der Waals surface area (Å²) in [5.41, 5.74) is 5.39. The molecular weight excluding hydrogens is 827 g/mol. The number of aliphatic hydroxyl groups excluding tert-OH is 2. The summed E-state index contributed by atoms with van der Waals surface area (Å²) in [5.74, 6) is -1.04. The molecule has 1 heterocycles. The maximum atomic E-state index is 15.6. The van der Waals surface area contributed by atoms with Crippen molar-refractivity contribution in [2.24, 2.45) is 22.9 Å². The van der Waals surface area contributed by atoms with Crippen molar-refractivity contribution in [3.8, 4) is 17.6 Å². The Bertz CT molecular complexity index is 2580. The quantitative estimate of drug-likeness (QED) is 0.0423. The van der Waals surface area contributed by atoms with Gasteiger partial charge in [-0.25, -0.2) is 0 Å². The second-order valence-electron chi connectivity index (χ2n) is 17.4. The molecule has 5 aromatic carbocycles. The van der Waals surface area contributed by atoms with Gasteiger partial charge in [0.15, 0.2) is 0 Å². The fourth-order valence-electron chi connectivity index (χ4n) is 10.4. The predicted octanol–water partition coefficient (Wildman–Crippen LogP) is 10.5. The van der Waals surface area contributed by atoms with Gasteiger partial charge in [-0.2, -0.15) is 5.26 Å². The van der Waals surface area contributed by atoms with Gasteiger partial charge < -0.3 is 34.2 Å². The molecule has 6 atom stereocenters. The molecule has 3 aliphatic rings. The summed E-state index contributed by atoms with van der Waals surface area (Å²) in [6, 6.07) is 38.3. The van der Waals surface area contributed by atoms with Crippen molar-refractivity contribution in [2.45, 2.75) is 75.8 Å². The van der Waals surface area contributed by atoms with Crippen molar-refractivity contribution < 1.29 is 34.1 Å². The molecular formula is C56H59N3O7. The summed E-state index contributed by atoms with van der Waals surface area (Å²) in [7, 11) is 0. The van der Waals surface area contributed by atoms with Crippen molar-refractivity contribution in [1.82, 2.24) is 4.90 Å². The van der Waals surface area contributed by atoms with Gasteiger partial charge in [0.2, 0.25) is 5.79 Å². The number of rotatable bonds is 21. The number of allylic oxidation sites excluding steroid dienone is 1. The summed E-state index contributed by atoms with van der Waals surface area (Å²) in [6.07, 6.45) is 10.6. The van der Waals surface area contributed by atoms with Crippen LogP contribution in [0.25, 0.3) is 10.8 Å². The van der Waals surface area contributed by atoms with Gasteiger partial charge in [0.05, 0.1) is 29.9 Å². The summed E-state index contributed by atoms with van der Waals surface area (Å²) >= 11 is 0. The van der Waals surface area contributed by atoms with Gasteiger partial charge in [-0.1, -0.05) is 116 Å². The van der Waals surface area contributed by atoms with Crippen molar-refractivity contribution in [1.29, 1.82) is 5.26 Å². The molecule has 8 rings (SSSR count). The Morgan fingerprint density at radius 2 is 1.62 bits per heavy atom. The fraction of sp³-hybridized carbons (Fsp3) is 0.339. The Morgan fingerprint density at radius 1 is 0.879 bits per heavy atom. The van der Waals surface area contributed by atoms with E-state index >= 15 is 4.79 Å². The number of nitrogens with zero attached hydrogens (tertiary/aromatic N) is 3. The minimum Gasteiger partial charge on any atom is -0.490 e. The molecule has 340 valence electrons. The number of hydrogen-bond acceptors (Lipinski definition) is 9. The van der Waals surface area contributed by atoms with Crippen LogP contribution in [0.4, 0.5) is 0 Å². The van der Waals surface area contributed by atoms with Crippen LogP contribution in [0.3, 0.4) is 0 Å². The molecule has 1 amide bonds. The first kappa shape index (κ1) is 46.0. The van der Waals surface area contributed by atoms with Crippen LogP contribution in [0.1, 0.15) is 83.5 Å². The predicted molar refractivity (Wildman–Crippen MR) is 257 cm³/mol. The highest BCUT2D eigenvalue weighted by Gasteiger charge is 2.65. The third-order valence-corrected chi connectivity index (χ3v) is 13.4. The number of hydrogen-bond donors (Lipinski definition) is 2. The number of fused-ring (bicyclic) bond motifs is 3. The second-order valence-corrected chi connectivity index (χ2v) is 17.4. The number of aliphatic hydroxyl groups is 2. The standard InChI is InChI=1S/C56H59N3O7/c1-3-31-63-45-27-28-51-49(34-45)53-47(22-11-13-30-61)43(18-10-12-29-60)33-48-50(58-65-38-40-15-6-5-7-16-40)35-52(56(66-51,54(48)53)64-32-4-2)59(55(62)42-25-23-39(36-57)24-26-42)37-44-20-14-19-41-17-8-9-21-46(41)44/h3-9,14-17,19-21,23-28,33-34,43,47,52-54,60-61H,1-2,10-13,18,22,29-32,35,37-38H2/t43-,47+,52-,53+,54+,56+/m0/s1. The average Bonchev–Trinajstić information content (AvgIpc) is 3.35. The molecule has 2 aliphatic carbocycles. The van der Waals surface area contributed by atoms with Crippen LogP contribution >= 0.6 is 0 Å². The average molecular weight is 886 g/mol. The van der Waals surface area contributed by atoms with Crippen molar-refractivity contribution >= 4 is 22.4 Å². The van der Waals surface area contributed by atoms with Gasteiger partial charge >= 0.3 is 0 Å². The Kier molecular flexibility index (Phi) is 15.1. The molecule has 0 unspecified atom stereocenters. The summed E-state index contributed by atoms with van der Waals surface area (Å²) in [4.78, 5) is 23.8. The van der Waals surface area contributed by atoms with Gasteiger partial charge in [0.1, 0.15) is 30.8 Å². The molecule has 5 aromatic rings. The van der Waals surface area contributed by atoms with E-state index in [9.17, 15) is 15.5 Å². The normalized spacial score (nSPS) is 22.2. The largest absolute Gasteiger partial charge is 0.490 e.